The maximum atomic E-state index is 12.1. The predicted molar refractivity (Wildman–Crippen MR) is 120 cm³/mol. The molecule has 3 atom stereocenters. The number of nitrogen functional groups attached to an aromatic ring is 1. The van der Waals surface area contributed by atoms with Crippen molar-refractivity contribution in [3.63, 3.8) is 0 Å². The van der Waals surface area contributed by atoms with Gasteiger partial charge < -0.3 is 0 Å². The molecule has 2 aromatic heterocycles. The van der Waals surface area contributed by atoms with Gasteiger partial charge in [-0.3, -0.25) is 0 Å². The topological polar surface area (TPSA) is 117 Å². The Balaban J connectivity index is 1.36. The van der Waals surface area contributed by atoms with Crippen LogP contribution in [0.1, 0.15) is 12.6 Å². The van der Waals surface area contributed by atoms with Gasteiger partial charge >= 0.3 is 188 Å². The van der Waals surface area contributed by atoms with Crippen molar-refractivity contribution in [2.45, 2.75) is 24.9 Å². The Labute approximate surface area is 188 Å². The molecule has 2 aliphatic heterocycles. The molecule has 0 radical (unpaired) electrons. The van der Waals surface area contributed by atoms with Crippen LogP contribution >= 0.6 is 0 Å². The molecule has 32 heavy (non-hydrogen) atoms. The number of nitrogens with one attached hydrogen (secondary N) is 1. The van der Waals surface area contributed by atoms with E-state index in [0.717, 1.165) is 7.16 Å². The zero-order valence-electron chi connectivity index (χ0n) is 17.0. The molecule has 2 aromatic carbocycles. The van der Waals surface area contributed by atoms with Crippen molar-refractivity contribution in [2.24, 2.45) is 0 Å². The molecule has 9 nitrogen and oxygen atoms in total. The van der Waals surface area contributed by atoms with Crippen molar-refractivity contribution >= 4 is 43.5 Å². The van der Waals surface area contributed by atoms with Crippen molar-refractivity contribution in [1.29, 1.82) is 0 Å². The quantitative estimate of drug-likeness (QED) is 0.369. The molecule has 3 unspecified atom stereocenters. The summed E-state index contributed by atoms with van der Waals surface area (Å²) in [4.78, 5) is 23.1. The number of benzene rings is 2. The number of imidazole rings is 1. The van der Waals surface area contributed by atoms with Crippen molar-refractivity contribution in [2.75, 3.05) is 12.3 Å². The number of fused-ring (bicyclic) bond motifs is 2. The molecule has 4 aromatic rings. The Morgan fingerprint density at radius 2 is 1.72 bits per heavy atom. The van der Waals surface area contributed by atoms with Crippen LogP contribution in [-0.2, 0) is 10.9 Å². The monoisotopic (exact) mass is 539 g/mol. The predicted octanol–water partition coefficient (Wildman–Crippen LogP) is 0.661. The first kappa shape index (κ1) is 19.9. The van der Waals surface area contributed by atoms with Gasteiger partial charge in [0.2, 0.25) is 0 Å². The van der Waals surface area contributed by atoms with E-state index in [-0.39, 0.29) is 35.5 Å². The van der Waals surface area contributed by atoms with Crippen LogP contribution in [0.2, 0.25) is 0 Å². The first-order valence-corrected chi connectivity index (χ1v) is 15.6. The van der Waals surface area contributed by atoms with Crippen LogP contribution in [0.4, 0.5) is 5.95 Å². The number of hydrogen-bond acceptors (Lipinski definition) is 7. The van der Waals surface area contributed by atoms with Crippen molar-refractivity contribution in [3.05, 3.63) is 77.3 Å². The SMILES string of the molecule is Nc1nc2c(ncn2C2CC3[O][Sn]([c]4ccccc4)([c]4ccccc4)[O]CC3O2)c(=O)[nH]1. The van der Waals surface area contributed by atoms with Crippen LogP contribution in [0, 0.1) is 0 Å². The number of hydrogen-bond donors (Lipinski definition) is 2. The normalized spacial score (nSPS) is 24.4. The van der Waals surface area contributed by atoms with E-state index in [1.165, 1.54) is 0 Å². The Morgan fingerprint density at radius 3 is 2.41 bits per heavy atom. The first-order chi connectivity index (χ1) is 15.6. The van der Waals surface area contributed by atoms with Gasteiger partial charge in [-0.2, -0.15) is 0 Å². The minimum absolute atomic E-state index is 0.0441. The molecule has 3 N–H and O–H groups in total. The van der Waals surface area contributed by atoms with Gasteiger partial charge in [-0.15, -0.1) is 0 Å². The molecule has 0 amide bonds. The molecular formula is C22H21N5O4Sn. The number of ether oxygens (including phenoxy) is 1. The van der Waals surface area contributed by atoms with Crippen molar-refractivity contribution < 1.29 is 10.9 Å². The van der Waals surface area contributed by atoms with E-state index in [4.69, 9.17) is 16.6 Å². The summed E-state index contributed by atoms with van der Waals surface area (Å²) in [6, 6.07) is 20.5. The summed E-state index contributed by atoms with van der Waals surface area (Å²) < 4.78 is 23.8. The fourth-order valence-electron chi connectivity index (χ4n) is 4.53. The number of aromatic nitrogens is 4. The fourth-order valence-corrected chi connectivity index (χ4v) is 14.1. The molecule has 0 spiro atoms. The van der Waals surface area contributed by atoms with Crippen LogP contribution in [0.25, 0.3) is 11.2 Å². The number of nitrogens with two attached hydrogens (primary N) is 1. The average Bonchev–Trinajstić information content (AvgIpc) is 3.43. The summed E-state index contributed by atoms with van der Waals surface area (Å²) in [6.45, 7) is 0.448. The first-order valence-electron chi connectivity index (χ1n) is 10.4. The zero-order chi connectivity index (χ0) is 21.7. The molecule has 0 aliphatic carbocycles. The minimum atomic E-state index is -3.86. The molecule has 10 heteroatoms. The molecule has 4 heterocycles. The van der Waals surface area contributed by atoms with Crippen molar-refractivity contribution in [1.82, 2.24) is 19.5 Å². The molecular weight excluding hydrogens is 517 g/mol. The second-order valence-corrected chi connectivity index (χ2v) is 16.3. The summed E-state index contributed by atoms with van der Waals surface area (Å²) in [5, 5.41) is 0. The van der Waals surface area contributed by atoms with Gasteiger partial charge in [0.1, 0.15) is 0 Å². The van der Waals surface area contributed by atoms with Crippen LogP contribution in [0.3, 0.4) is 0 Å². The van der Waals surface area contributed by atoms with Gasteiger partial charge in [0, 0.05) is 0 Å². The summed E-state index contributed by atoms with van der Waals surface area (Å²) in [5.41, 5.74) is 6.01. The fraction of sp³-hybridized carbons (Fsp3) is 0.227. The third-order valence-corrected chi connectivity index (χ3v) is 15.7. The molecule has 2 saturated heterocycles. The van der Waals surface area contributed by atoms with E-state index in [9.17, 15) is 4.79 Å². The van der Waals surface area contributed by atoms with Gasteiger partial charge in [-0.1, -0.05) is 0 Å². The Morgan fingerprint density at radius 1 is 1.03 bits per heavy atom. The Bertz CT molecular complexity index is 1290. The van der Waals surface area contributed by atoms with Crippen LogP contribution in [0.5, 0.6) is 0 Å². The van der Waals surface area contributed by atoms with Gasteiger partial charge in [0.15, 0.2) is 0 Å². The van der Waals surface area contributed by atoms with Gasteiger partial charge in [-0.05, 0) is 0 Å². The van der Waals surface area contributed by atoms with Crippen LogP contribution in [0.15, 0.2) is 71.8 Å². The number of nitrogens with zero attached hydrogens (tertiary/aromatic N) is 3. The molecule has 162 valence electrons. The summed E-state index contributed by atoms with van der Waals surface area (Å²) in [5.74, 6) is 0.0441. The number of rotatable bonds is 3. The molecule has 6 rings (SSSR count). The second-order valence-electron chi connectivity index (χ2n) is 7.96. The van der Waals surface area contributed by atoms with Crippen LogP contribution in [-0.4, -0.2) is 57.5 Å². The number of anilines is 1. The van der Waals surface area contributed by atoms with Gasteiger partial charge in [0.05, 0.1) is 0 Å². The van der Waals surface area contributed by atoms with E-state index >= 15 is 0 Å². The van der Waals surface area contributed by atoms with Gasteiger partial charge in [-0.25, -0.2) is 0 Å². The summed E-state index contributed by atoms with van der Waals surface area (Å²) >= 11 is -3.86. The third-order valence-electron chi connectivity index (χ3n) is 6.02. The Hall–Kier alpha value is -2.73. The van der Waals surface area contributed by atoms with E-state index in [0.29, 0.717) is 18.7 Å². The zero-order valence-corrected chi connectivity index (χ0v) is 19.9. The number of aromatic amines is 1. The van der Waals surface area contributed by atoms with Crippen LogP contribution < -0.4 is 18.5 Å². The maximum absolute atomic E-state index is 12.1. The average molecular weight is 538 g/mol. The standard InChI is InChI=1S/C10H11N5O4.2C6H5.Sn/c11-10-13-8-7(9(18)14-10)12-3-15(8)6-1-4(17)5(2-16)19-6;2*1-2-4-6-5-3-1;/h3-6H,1-2H2,(H3,11,13,14,18);2*1-5H;/q-2;;;+2. The van der Waals surface area contributed by atoms with E-state index in [2.05, 4.69) is 39.2 Å². The molecule has 0 saturated carbocycles. The van der Waals surface area contributed by atoms with Gasteiger partial charge in [0.25, 0.3) is 0 Å². The third kappa shape index (κ3) is 3.15. The van der Waals surface area contributed by atoms with E-state index in [1.807, 2.05) is 36.4 Å². The van der Waals surface area contributed by atoms with Crippen molar-refractivity contribution in [3.8, 4) is 0 Å². The van der Waals surface area contributed by atoms with E-state index < -0.39 is 19.2 Å². The molecule has 2 fully saturated rings. The summed E-state index contributed by atoms with van der Waals surface area (Å²) in [7, 11) is 0. The summed E-state index contributed by atoms with van der Waals surface area (Å²) in [6.07, 6.45) is 1.45. The molecule has 0 bridgehead atoms. The molecule has 2 aliphatic rings. The number of H-pyrrole nitrogens is 1. The Kier molecular flexibility index (Phi) is 4.79. The second kappa shape index (κ2) is 7.69. The van der Waals surface area contributed by atoms with E-state index in [1.54, 1.807) is 10.9 Å².